The van der Waals surface area contributed by atoms with Gasteiger partial charge in [-0.25, -0.2) is 4.98 Å². The minimum atomic E-state index is -0.0747. The molecule has 2 aromatic heterocycles. The first-order valence-corrected chi connectivity index (χ1v) is 9.95. The molecule has 28 heavy (non-hydrogen) atoms. The van der Waals surface area contributed by atoms with Crippen LogP contribution in [0.2, 0.25) is 0 Å². The van der Waals surface area contributed by atoms with Crippen molar-refractivity contribution in [2.45, 2.75) is 19.8 Å². The molecule has 0 aliphatic carbocycles. The zero-order valence-electron chi connectivity index (χ0n) is 16.2. The first-order chi connectivity index (χ1) is 13.7. The SMILES string of the molecule is CCCCN(C(=O)c1ccncc1)c1nc(-c2cc(OC)ccc2OC)cs1. The third-order valence-electron chi connectivity index (χ3n) is 4.31. The monoisotopic (exact) mass is 397 g/mol. The van der Waals surface area contributed by atoms with Crippen LogP contribution in [0.5, 0.6) is 11.5 Å². The largest absolute Gasteiger partial charge is 0.497 e. The lowest BCUT2D eigenvalue weighted by Crippen LogP contribution is -2.31. The van der Waals surface area contributed by atoms with Crippen molar-refractivity contribution in [2.75, 3.05) is 25.7 Å². The fraction of sp³-hybridized carbons (Fsp3) is 0.286. The van der Waals surface area contributed by atoms with Gasteiger partial charge in [0.15, 0.2) is 5.13 Å². The Hall–Kier alpha value is -2.93. The van der Waals surface area contributed by atoms with Crippen molar-refractivity contribution in [1.29, 1.82) is 0 Å². The molecule has 2 heterocycles. The van der Waals surface area contributed by atoms with E-state index in [9.17, 15) is 4.79 Å². The van der Waals surface area contributed by atoms with Crippen LogP contribution in [-0.4, -0.2) is 36.6 Å². The number of hydrogen-bond acceptors (Lipinski definition) is 6. The Labute approximate surface area is 168 Å². The molecule has 0 N–H and O–H groups in total. The van der Waals surface area contributed by atoms with Gasteiger partial charge in [0.1, 0.15) is 11.5 Å². The van der Waals surface area contributed by atoms with Crippen molar-refractivity contribution in [2.24, 2.45) is 0 Å². The van der Waals surface area contributed by atoms with Gasteiger partial charge < -0.3 is 9.47 Å². The molecule has 0 radical (unpaired) electrons. The van der Waals surface area contributed by atoms with E-state index in [0.29, 0.717) is 23.0 Å². The zero-order chi connectivity index (χ0) is 19.9. The molecule has 0 bridgehead atoms. The molecule has 0 saturated heterocycles. The van der Waals surface area contributed by atoms with E-state index in [2.05, 4.69) is 11.9 Å². The highest BCUT2D eigenvalue weighted by Gasteiger charge is 2.21. The number of aromatic nitrogens is 2. The van der Waals surface area contributed by atoms with Gasteiger partial charge in [-0.05, 0) is 36.8 Å². The van der Waals surface area contributed by atoms with E-state index < -0.39 is 0 Å². The summed E-state index contributed by atoms with van der Waals surface area (Å²) in [6, 6.07) is 9.03. The van der Waals surface area contributed by atoms with Gasteiger partial charge in [-0.15, -0.1) is 11.3 Å². The summed E-state index contributed by atoms with van der Waals surface area (Å²) in [5.74, 6) is 1.36. The standard InChI is InChI=1S/C21H23N3O3S/c1-4-5-12-24(20(25)15-8-10-22-11-9-15)21-23-18(14-28-21)17-13-16(26-2)6-7-19(17)27-3/h6-11,13-14H,4-5,12H2,1-3H3. The van der Waals surface area contributed by atoms with Crippen LogP contribution in [0.3, 0.4) is 0 Å². The summed E-state index contributed by atoms with van der Waals surface area (Å²) in [5.41, 5.74) is 2.18. The van der Waals surface area contributed by atoms with Crippen LogP contribution in [0.4, 0.5) is 5.13 Å². The van der Waals surface area contributed by atoms with E-state index in [1.54, 1.807) is 43.6 Å². The molecule has 0 spiro atoms. The number of hydrogen-bond donors (Lipinski definition) is 0. The first kappa shape index (κ1) is 19.8. The third kappa shape index (κ3) is 4.31. The first-order valence-electron chi connectivity index (χ1n) is 9.07. The maximum absolute atomic E-state index is 13.0. The number of carbonyl (C=O) groups excluding carboxylic acids is 1. The van der Waals surface area contributed by atoms with Crippen LogP contribution < -0.4 is 14.4 Å². The summed E-state index contributed by atoms with van der Waals surface area (Å²) in [7, 11) is 3.25. The summed E-state index contributed by atoms with van der Waals surface area (Å²) in [4.78, 5) is 23.5. The maximum atomic E-state index is 13.0. The average molecular weight is 398 g/mol. The van der Waals surface area contributed by atoms with Crippen molar-refractivity contribution < 1.29 is 14.3 Å². The van der Waals surface area contributed by atoms with Crippen molar-refractivity contribution >= 4 is 22.4 Å². The Balaban J connectivity index is 1.96. The zero-order valence-corrected chi connectivity index (χ0v) is 17.0. The van der Waals surface area contributed by atoms with Crippen LogP contribution in [0.15, 0.2) is 48.1 Å². The molecule has 0 aliphatic heterocycles. The second-order valence-electron chi connectivity index (χ2n) is 6.13. The molecule has 0 aliphatic rings. The number of pyridine rings is 1. The van der Waals surface area contributed by atoms with Gasteiger partial charge in [-0.3, -0.25) is 14.7 Å². The molecule has 6 nitrogen and oxygen atoms in total. The average Bonchev–Trinajstić information content (AvgIpc) is 3.23. The molecule has 0 unspecified atom stereocenters. The van der Waals surface area contributed by atoms with Gasteiger partial charge in [0, 0.05) is 35.4 Å². The Morgan fingerprint density at radius 1 is 1.14 bits per heavy atom. The molecule has 3 aromatic rings. The van der Waals surface area contributed by atoms with E-state index >= 15 is 0 Å². The predicted molar refractivity (Wildman–Crippen MR) is 111 cm³/mol. The number of amides is 1. The molecule has 1 aromatic carbocycles. The van der Waals surface area contributed by atoms with Crippen LogP contribution >= 0.6 is 11.3 Å². The molecule has 3 rings (SSSR count). The van der Waals surface area contributed by atoms with Crippen molar-refractivity contribution in [3.05, 3.63) is 53.7 Å². The molecular formula is C21H23N3O3S. The van der Waals surface area contributed by atoms with E-state index in [4.69, 9.17) is 14.5 Å². The lowest BCUT2D eigenvalue weighted by atomic mass is 10.1. The molecule has 1 amide bonds. The van der Waals surface area contributed by atoms with Crippen molar-refractivity contribution in [3.63, 3.8) is 0 Å². The summed E-state index contributed by atoms with van der Waals surface area (Å²) >= 11 is 1.44. The third-order valence-corrected chi connectivity index (χ3v) is 5.18. The summed E-state index contributed by atoms with van der Waals surface area (Å²) in [6.07, 6.45) is 5.13. The highest BCUT2D eigenvalue weighted by molar-refractivity contribution is 7.14. The van der Waals surface area contributed by atoms with Gasteiger partial charge in [0.25, 0.3) is 5.91 Å². The predicted octanol–water partition coefficient (Wildman–Crippen LogP) is 4.67. The highest BCUT2D eigenvalue weighted by atomic mass is 32.1. The molecule has 7 heteroatoms. The van der Waals surface area contributed by atoms with Gasteiger partial charge in [0.05, 0.1) is 19.9 Å². The van der Waals surface area contributed by atoms with E-state index in [1.165, 1.54) is 11.3 Å². The second kappa shape index (κ2) is 9.32. The van der Waals surface area contributed by atoms with Crippen LogP contribution in [-0.2, 0) is 0 Å². The Kier molecular flexibility index (Phi) is 6.60. The lowest BCUT2D eigenvalue weighted by Gasteiger charge is -2.19. The molecule has 146 valence electrons. The highest BCUT2D eigenvalue weighted by Crippen LogP contribution is 2.36. The van der Waals surface area contributed by atoms with E-state index in [0.717, 1.165) is 29.8 Å². The Bertz CT molecular complexity index is 928. The topological polar surface area (TPSA) is 64.6 Å². The van der Waals surface area contributed by atoms with Gasteiger partial charge in [-0.2, -0.15) is 0 Å². The number of benzene rings is 1. The number of ether oxygens (including phenoxy) is 2. The number of rotatable bonds is 8. The molecule has 0 fully saturated rings. The van der Waals surface area contributed by atoms with Gasteiger partial charge in [-0.1, -0.05) is 13.3 Å². The number of methoxy groups -OCH3 is 2. The summed E-state index contributed by atoms with van der Waals surface area (Å²) < 4.78 is 10.8. The fourth-order valence-electron chi connectivity index (χ4n) is 2.78. The summed E-state index contributed by atoms with van der Waals surface area (Å²) in [5, 5.41) is 2.60. The number of nitrogens with zero attached hydrogens (tertiary/aromatic N) is 3. The van der Waals surface area contributed by atoms with Gasteiger partial charge >= 0.3 is 0 Å². The number of thiazole rings is 1. The lowest BCUT2D eigenvalue weighted by molar-refractivity contribution is 0.0986. The maximum Gasteiger partial charge on any atom is 0.260 e. The quantitative estimate of drug-likeness (QED) is 0.553. The number of anilines is 1. The van der Waals surface area contributed by atoms with Crippen LogP contribution in [0, 0.1) is 0 Å². The van der Waals surface area contributed by atoms with Gasteiger partial charge in [0.2, 0.25) is 0 Å². The van der Waals surface area contributed by atoms with Crippen molar-refractivity contribution in [3.8, 4) is 22.8 Å². The Morgan fingerprint density at radius 2 is 1.93 bits per heavy atom. The van der Waals surface area contributed by atoms with Crippen LogP contribution in [0.1, 0.15) is 30.1 Å². The van der Waals surface area contributed by atoms with E-state index in [-0.39, 0.29) is 5.91 Å². The second-order valence-corrected chi connectivity index (χ2v) is 6.96. The van der Waals surface area contributed by atoms with Crippen molar-refractivity contribution in [1.82, 2.24) is 9.97 Å². The number of carbonyl (C=O) groups is 1. The Morgan fingerprint density at radius 3 is 2.61 bits per heavy atom. The molecule has 0 saturated carbocycles. The minimum Gasteiger partial charge on any atom is -0.497 e. The molecule has 0 atom stereocenters. The smallest absolute Gasteiger partial charge is 0.260 e. The number of unbranched alkanes of at least 4 members (excludes halogenated alkanes) is 1. The normalized spacial score (nSPS) is 10.5. The minimum absolute atomic E-state index is 0.0747. The molecular weight excluding hydrogens is 374 g/mol. The van der Waals surface area contributed by atoms with E-state index in [1.807, 2.05) is 23.6 Å². The fourth-order valence-corrected chi connectivity index (χ4v) is 3.63. The van der Waals surface area contributed by atoms with Crippen LogP contribution in [0.25, 0.3) is 11.3 Å². The summed E-state index contributed by atoms with van der Waals surface area (Å²) in [6.45, 7) is 2.71.